The third-order valence-corrected chi connectivity index (χ3v) is 3.93. The number of carbonyl (C=O) groups is 2. The summed E-state index contributed by atoms with van der Waals surface area (Å²) in [6, 6.07) is 6.12. The van der Waals surface area contributed by atoms with Gasteiger partial charge in [-0.25, -0.2) is 18.0 Å². The van der Waals surface area contributed by atoms with E-state index in [-0.39, 0.29) is 16.2 Å². The summed E-state index contributed by atoms with van der Waals surface area (Å²) >= 11 is 0. The van der Waals surface area contributed by atoms with E-state index in [1.54, 1.807) is 12.1 Å². The summed E-state index contributed by atoms with van der Waals surface area (Å²) in [4.78, 5) is 23.6. The van der Waals surface area contributed by atoms with Crippen molar-refractivity contribution in [3.63, 3.8) is 0 Å². The first-order chi connectivity index (χ1) is 10.1. The van der Waals surface area contributed by atoms with Gasteiger partial charge in [0.25, 0.3) is 5.79 Å². The quantitative estimate of drug-likeness (QED) is 0.507. The van der Waals surface area contributed by atoms with Crippen molar-refractivity contribution in [2.24, 2.45) is 0 Å². The van der Waals surface area contributed by atoms with Crippen LogP contribution in [0.4, 0.5) is 5.69 Å². The fourth-order valence-corrected chi connectivity index (χ4v) is 2.69. The van der Waals surface area contributed by atoms with Crippen LogP contribution in [0.1, 0.15) is 13.8 Å². The molecule has 1 saturated heterocycles. The molecule has 0 aromatic heterocycles. The zero-order valence-electron chi connectivity index (χ0n) is 12.2. The predicted molar refractivity (Wildman–Crippen MR) is 77.5 cm³/mol. The van der Waals surface area contributed by atoms with Crippen LogP contribution in [0.3, 0.4) is 0 Å². The molecule has 22 heavy (non-hydrogen) atoms. The van der Waals surface area contributed by atoms with Gasteiger partial charge in [-0.3, -0.25) is 0 Å². The predicted octanol–water partition coefficient (Wildman–Crippen LogP) is 1.22. The van der Waals surface area contributed by atoms with Gasteiger partial charge in [0.05, 0.1) is 10.6 Å². The lowest BCUT2D eigenvalue weighted by Crippen LogP contribution is -2.42. The number of para-hydroxylation sites is 1. The molecule has 1 aromatic carbocycles. The normalized spacial score (nSPS) is 17.5. The molecule has 1 aliphatic rings. The number of sulfone groups is 1. The second-order valence-electron chi connectivity index (χ2n) is 5.15. The maximum atomic E-state index is 11.8. The summed E-state index contributed by atoms with van der Waals surface area (Å²) in [5.41, 5.74) is -0.106. The van der Waals surface area contributed by atoms with E-state index in [2.05, 4.69) is 5.32 Å². The third kappa shape index (κ3) is 3.45. The largest absolute Gasteiger partial charge is 0.419 e. The maximum Gasteiger partial charge on any atom is 0.350 e. The maximum absolute atomic E-state index is 11.8. The van der Waals surface area contributed by atoms with Crippen molar-refractivity contribution in [2.75, 3.05) is 11.6 Å². The molecule has 1 aromatic rings. The Kier molecular flexibility index (Phi) is 3.97. The monoisotopic (exact) mass is 325 g/mol. The first kappa shape index (κ1) is 16.0. The van der Waals surface area contributed by atoms with Gasteiger partial charge in [-0.05, 0) is 12.1 Å². The van der Waals surface area contributed by atoms with Gasteiger partial charge < -0.3 is 14.8 Å². The molecule has 0 radical (unpaired) electrons. The molecule has 0 amide bonds. The summed E-state index contributed by atoms with van der Waals surface area (Å²) in [7, 11) is -3.46. The van der Waals surface area contributed by atoms with E-state index in [1.807, 2.05) is 0 Å². The van der Waals surface area contributed by atoms with E-state index in [4.69, 9.17) is 9.47 Å². The lowest BCUT2D eigenvalue weighted by molar-refractivity contribution is -0.222. The summed E-state index contributed by atoms with van der Waals surface area (Å²) < 4.78 is 33.2. The standard InChI is InChI=1S/C14H15NO6S/c1-14(2)20-12(16)9(13(17)21-14)8-15-10-6-4-5-7-11(10)22(3,18)19/h4-8,15H,1-3H3. The minimum atomic E-state index is -3.46. The fourth-order valence-electron chi connectivity index (χ4n) is 1.84. The molecule has 118 valence electrons. The third-order valence-electron chi connectivity index (χ3n) is 2.78. The number of cyclic esters (lactones) is 2. The number of benzene rings is 1. The molecule has 0 spiro atoms. The molecule has 0 atom stereocenters. The molecule has 7 nitrogen and oxygen atoms in total. The van der Waals surface area contributed by atoms with Crippen molar-refractivity contribution in [2.45, 2.75) is 24.5 Å². The van der Waals surface area contributed by atoms with E-state index in [1.165, 1.54) is 26.0 Å². The Labute approximate surface area is 127 Å². The first-order valence-corrected chi connectivity index (χ1v) is 8.22. The van der Waals surface area contributed by atoms with Crippen molar-refractivity contribution in [3.05, 3.63) is 36.0 Å². The molecule has 1 N–H and O–H groups in total. The highest BCUT2D eigenvalue weighted by atomic mass is 32.2. The summed E-state index contributed by atoms with van der Waals surface area (Å²) in [5.74, 6) is -3.01. The van der Waals surface area contributed by atoms with Gasteiger partial charge in [0.1, 0.15) is 0 Å². The Morgan fingerprint density at radius 3 is 2.18 bits per heavy atom. The summed E-state index contributed by atoms with van der Waals surface area (Å²) in [5, 5.41) is 2.63. The average Bonchev–Trinajstić information content (AvgIpc) is 2.35. The van der Waals surface area contributed by atoms with Crippen LogP contribution in [0.15, 0.2) is 40.9 Å². The van der Waals surface area contributed by atoms with Crippen LogP contribution in [-0.2, 0) is 28.9 Å². The topological polar surface area (TPSA) is 98.8 Å². The first-order valence-electron chi connectivity index (χ1n) is 6.33. The number of hydrogen-bond acceptors (Lipinski definition) is 7. The van der Waals surface area contributed by atoms with Crippen LogP contribution < -0.4 is 5.32 Å². The van der Waals surface area contributed by atoms with E-state index < -0.39 is 27.6 Å². The van der Waals surface area contributed by atoms with Gasteiger partial charge in [-0.2, -0.15) is 0 Å². The van der Waals surface area contributed by atoms with Gasteiger partial charge in [0.15, 0.2) is 15.4 Å². The average molecular weight is 325 g/mol. The van der Waals surface area contributed by atoms with Crippen LogP contribution in [0.25, 0.3) is 0 Å². The van der Waals surface area contributed by atoms with Gasteiger partial charge in [0, 0.05) is 26.3 Å². The summed E-state index contributed by atoms with van der Waals surface area (Å²) in [6.45, 7) is 2.87. The van der Waals surface area contributed by atoms with Crippen LogP contribution >= 0.6 is 0 Å². The van der Waals surface area contributed by atoms with Gasteiger partial charge >= 0.3 is 11.9 Å². The van der Waals surface area contributed by atoms with Gasteiger partial charge in [-0.1, -0.05) is 12.1 Å². The number of hydrogen-bond donors (Lipinski definition) is 1. The zero-order chi connectivity index (χ0) is 16.5. The number of ether oxygens (including phenoxy) is 2. The lowest BCUT2D eigenvalue weighted by atomic mass is 10.2. The second-order valence-corrected chi connectivity index (χ2v) is 7.13. The molecule has 0 saturated carbocycles. The highest BCUT2D eigenvalue weighted by Gasteiger charge is 2.39. The number of anilines is 1. The van der Waals surface area contributed by atoms with Gasteiger partial charge in [-0.15, -0.1) is 0 Å². The highest BCUT2D eigenvalue weighted by Crippen LogP contribution is 2.24. The molecule has 8 heteroatoms. The van der Waals surface area contributed by atoms with Crippen LogP contribution in [0, 0.1) is 0 Å². The van der Waals surface area contributed by atoms with Crippen LogP contribution in [-0.4, -0.2) is 32.4 Å². The van der Waals surface area contributed by atoms with E-state index >= 15 is 0 Å². The van der Waals surface area contributed by atoms with Gasteiger partial charge in [0.2, 0.25) is 0 Å². The molecular weight excluding hydrogens is 310 g/mol. The minimum Gasteiger partial charge on any atom is -0.419 e. The Morgan fingerprint density at radius 1 is 1.09 bits per heavy atom. The summed E-state index contributed by atoms with van der Waals surface area (Å²) in [6.07, 6.45) is 2.14. The number of esters is 2. The Hall–Kier alpha value is -2.35. The van der Waals surface area contributed by atoms with Crippen LogP contribution in [0.5, 0.6) is 0 Å². The molecule has 2 rings (SSSR count). The number of nitrogens with one attached hydrogen (secondary N) is 1. The molecule has 0 unspecified atom stereocenters. The molecule has 1 fully saturated rings. The number of carbonyl (C=O) groups excluding carboxylic acids is 2. The molecular formula is C14H15NO6S. The van der Waals surface area contributed by atoms with Crippen LogP contribution in [0.2, 0.25) is 0 Å². The second kappa shape index (κ2) is 5.45. The fraction of sp³-hybridized carbons (Fsp3) is 0.286. The Balaban J connectivity index is 2.30. The zero-order valence-corrected chi connectivity index (χ0v) is 13.1. The van der Waals surface area contributed by atoms with Crippen molar-refractivity contribution < 1.29 is 27.5 Å². The van der Waals surface area contributed by atoms with E-state index in [9.17, 15) is 18.0 Å². The molecule has 0 aliphatic carbocycles. The molecule has 1 aliphatic heterocycles. The van der Waals surface area contributed by atoms with E-state index in [0.29, 0.717) is 0 Å². The van der Waals surface area contributed by atoms with Crippen molar-refractivity contribution in [1.82, 2.24) is 0 Å². The van der Waals surface area contributed by atoms with Crippen molar-refractivity contribution >= 4 is 27.5 Å². The smallest absolute Gasteiger partial charge is 0.350 e. The van der Waals surface area contributed by atoms with Crippen molar-refractivity contribution in [3.8, 4) is 0 Å². The lowest BCUT2D eigenvalue weighted by Gasteiger charge is -2.29. The molecule has 0 bridgehead atoms. The Bertz CT molecular complexity index is 741. The Morgan fingerprint density at radius 2 is 1.64 bits per heavy atom. The molecule has 1 heterocycles. The SMILES string of the molecule is CC1(C)OC(=O)C(=CNc2ccccc2S(C)(=O)=O)C(=O)O1. The van der Waals surface area contributed by atoms with E-state index in [0.717, 1.165) is 12.5 Å². The minimum absolute atomic E-state index is 0.0460. The number of rotatable bonds is 3. The van der Waals surface area contributed by atoms with Crippen molar-refractivity contribution in [1.29, 1.82) is 0 Å². The highest BCUT2D eigenvalue weighted by molar-refractivity contribution is 7.90.